The second-order valence-electron chi connectivity index (χ2n) is 9.36. The van der Waals surface area contributed by atoms with Crippen molar-refractivity contribution in [2.75, 3.05) is 26.2 Å². The third kappa shape index (κ3) is 4.08. The summed E-state index contributed by atoms with van der Waals surface area (Å²) in [5, 5.41) is 24.1. The smallest absolute Gasteiger partial charge is 0.167 e. The van der Waals surface area contributed by atoms with E-state index in [1.807, 2.05) is 12.1 Å². The van der Waals surface area contributed by atoms with Crippen LogP contribution in [0, 0.1) is 24.7 Å². The van der Waals surface area contributed by atoms with E-state index in [9.17, 15) is 19.4 Å². The lowest BCUT2D eigenvalue weighted by Crippen LogP contribution is -2.61. The van der Waals surface area contributed by atoms with Crippen molar-refractivity contribution in [1.82, 2.24) is 10.2 Å². The zero-order valence-electron chi connectivity index (χ0n) is 19.0. The Morgan fingerprint density at radius 2 is 1.88 bits per heavy atom. The van der Waals surface area contributed by atoms with E-state index in [0.717, 1.165) is 24.2 Å². The average molecular weight is 460 g/mol. The van der Waals surface area contributed by atoms with E-state index >= 15 is 0 Å². The number of nitrogens with zero attached hydrogens (tertiary/aromatic N) is 1. The second-order valence-corrected chi connectivity index (χ2v) is 9.36. The van der Waals surface area contributed by atoms with Crippen LogP contribution in [0.25, 0.3) is 0 Å². The van der Waals surface area contributed by atoms with Crippen molar-refractivity contribution in [2.24, 2.45) is 5.92 Å². The third-order valence-corrected chi connectivity index (χ3v) is 7.42. The van der Waals surface area contributed by atoms with Crippen molar-refractivity contribution in [3.8, 4) is 11.5 Å². The zero-order valence-corrected chi connectivity index (χ0v) is 19.0. The van der Waals surface area contributed by atoms with Crippen LogP contribution in [0.1, 0.15) is 38.9 Å². The molecule has 2 heterocycles. The third-order valence-electron chi connectivity index (χ3n) is 7.42. The maximum absolute atomic E-state index is 14.7. The molecule has 0 unspecified atom stereocenters. The topological polar surface area (TPSA) is 72.8 Å². The molecular weight excluding hydrogens is 431 g/mol. The lowest BCUT2D eigenvalue weighted by Gasteiger charge is -2.49. The zero-order chi connectivity index (χ0) is 23.8. The fourth-order valence-electron chi connectivity index (χ4n) is 5.49. The van der Waals surface area contributed by atoms with E-state index < -0.39 is 5.92 Å². The summed E-state index contributed by atoms with van der Waals surface area (Å²) in [6, 6.07) is 19.8. The van der Waals surface area contributed by atoms with Gasteiger partial charge in [-0.1, -0.05) is 36.4 Å². The molecule has 2 saturated heterocycles. The Hall–Kier alpha value is -3.22. The first-order chi connectivity index (χ1) is 16.4. The number of halogens is 1. The lowest BCUT2D eigenvalue weighted by molar-refractivity contribution is 0.0520. The van der Waals surface area contributed by atoms with Crippen molar-refractivity contribution in [3.63, 3.8) is 0 Å². The van der Waals surface area contributed by atoms with Crippen LogP contribution in [0.3, 0.4) is 0 Å². The highest BCUT2D eigenvalue weighted by molar-refractivity contribution is 5.99. The largest absolute Gasteiger partial charge is 0.508 e. The highest BCUT2D eigenvalue weighted by atomic mass is 19.1. The molecule has 3 N–H and O–H groups in total. The Morgan fingerprint density at radius 3 is 2.59 bits per heavy atom. The van der Waals surface area contributed by atoms with Gasteiger partial charge in [-0.25, -0.2) is 4.39 Å². The Balaban J connectivity index is 1.67. The van der Waals surface area contributed by atoms with Crippen molar-refractivity contribution in [1.29, 1.82) is 0 Å². The predicted molar refractivity (Wildman–Crippen MR) is 128 cm³/mol. The van der Waals surface area contributed by atoms with E-state index in [1.165, 1.54) is 12.1 Å². The van der Waals surface area contributed by atoms with Crippen LogP contribution in [-0.4, -0.2) is 53.1 Å². The molecule has 5 rings (SSSR count). The monoisotopic (exact) mass is 459 g/mol. The van der Waals surface area contributed by atoms with Gasteiger partial charge in [0, 0.05) is 55.5 Å². The van der Waals surface area contributed by atoms with Crippen LogP contribution < -0.4 is 5.32 Å². The van der Waals surface area contributed by atoms with Crippen molar-refractivity contribution < 1.29 is 19.4 Å². The number of rotatable bonds is 5. The predicted octanol–water partition coefficient (Wildman–Crippen LogP) is 4.00. The molecule has 34 heavy (non-hydrogen) atoms. The summed E-state index contributed by atoms with van der Waals surface area (Å²) < 4.78 is 14.7. The Labute approximate surface area is 198 Å². The number of aromatic hydroxyl groups is 2. The minimum Gasteiger partial charge on any atom is -0.508 e. The van der Waals surface area contributed by atoms with Crippen molar-refractivity contribution >= 4 is 5.78 Å². The van der Waals surface area contributed by atoms with Gasteiger partial charge in [0.2, 0.25) is 0 Å². The van der Waals surface area contributed by atoms with Gasteiger partial charge in [-0.2, -0.15) is 0 Å². The van der Waals surface area contributed by atoms with Gasteiger partial charge in [-0.15, -0.1) is 0 Å². The molecular formula is C28H28FN2O3. The Morgan fingerprint density at radius 1 is 1.09 bits per heavy atom. The highest BCUT2D eigenvalue weighted by Crippen LogP contribution is 2.48. The molecule has 6 heteroatoms. The van der Waals surface area contributed by atoms with Crippen LogP contribution in [0.15, 0.2) is 60.7 Å². The van der Waals surface area contributed by atoms with Crippen LogP contribution in [0.2, 0.25) is 0 Å². The number of ketones is 1. The molecule has 1 radical (unpaired) electrons. The molecule has 2 aliphatic rings. The molecule has 0 saturated carbocycles. The van der Waals surface area contributed by atoms with Gasteiger partial charge in [-0.3, -0.25) is 9.69 Å². The van der Waals surface area contributed by atoms with E-state index in [-0.39, 0.29) is 34.9 Å². The van der Waals surface area contributed by atoms with E-state index in [1.54, 1.807) is 43.3 Å². The second kappa shape index (κ2) is 9.20. The summed E-state index contributed by atoms with van der Waals surface area (Å²) >= 11 is 0. The number of hydrogen-bond acceptors (Lipinski definition) is 5. The molecule has 5 nitrogen and oxygen atoms in total. The van der Waals surface area contributed by atoms with E-state index in [0.29, 0.717) is 30.3 Å². The fourth-order valence-corrected chi connectivity index (χ4v) is 5.49. The number of carbonyl (C=O) groups is 1. The van der Waals surface area contributed by atoms with Gasteiger partial charge in [-0.05, 0) is 53.9 Å². The molecule has 0 amide bonds. The summed E-state index contributed by atoms with van der Waals surface area (Å²) in [7, 11) is 0. The number of hydrogen-bond donors (Lipinski definition) is 3. The van der Waals surface area contributed by atoms with Gasteiger partial charge in [0.25, 0.3) is 0 Å². The number of phenolic OH excluding ortho intramolecular Hbond substituents is 2. The number of phenols is 2. The number of nitrogens with one attached hydrogen (secondary N) is 1. The SMILES string of the molecule is Cc1c(F)cccc1[C@H]1[C@@H](C(=O)c2cccc(O)c2)CN(C2CNC2)C[C@@H]1c1cc[c]cc1O. The molecule has 3 aromatic rings. The normalized spacial score (nSPS) is 23.4. The van der Waals surface area contributed by atoms with Gasteiger partial charge < -0.3 is 15.5 Å². The molecule has 3 atom stereocenters. The van der Waals surface area contributed by atoms with Gasteiger partial charge in [0.15, 0.2) is 5.78 Å². The molecule has 2 aliphatic heterocycles. The molecule has 0 aliphatic carbocycles. The minimum atomic E-state index is -0.481. The maximum Gasteiger partial charge on any atom is 0.167 e. The minimum absolute atomic E-state index is 0.0352. The number of piperidine rings is 1. The van der Waals surface area contributed by atoms with Crippen molar-refractivity contribution in [3.05, 3.63) is 94.8 Å². The number of Topliss-reactive ketones (excluding diaryl/α,β-unsaturated/α-hetero) is 1. The summed E-state index contributed by atoms with van der Waals surface area (Å²) in [6.07, 6.45) is 0. The Kier molecular flexibility index (Phi) is 6.11. The molecule has 0 aromatic heterocycles. The first-order valence-corrected chi connectivity index (χ1v) is 11.7. The van der Waals surface area contributed by atoms with Gasteiger partial charge >= 0.3 is 0 Å². The van der Waals surface area contributed by atoms with E-state index in [4.69, 9.17) is 0 Å². The summed E-state index contributed by atoms with van der Waals surface area (Å²) in [4.78, 5) is 16.3. The Bertz CT molecular complexity index is 1210. The standard InChI is InChI=1S/C28H28FN2O3/c1-17-21(9-5-10-25(17)29)27-23(22-8-2-3-11-26(22)33)15-31(19-13-30-14-19)16-24(27)28(34)18-6-4-7-20(32)12-18/h2,4-12,19,23-24,27,30,32-33H,13-16H2,1H3/t23-,24+,27-/m1/s1. The van der Waals surface area contributed by atoms with Crippen molar-refractivity contribution in [2.45, 2.75) is 24.8 Å². The average Bonchev–Trinajstić information content (AvgIpc) is 2.79. The number of benzene rings is 3. The molecule has 2 fully saturated rings. The number of carbonyl (C=O) groups excluding carboxylic acids is 1. The molecule has 0 bridgehead atoms. The highest BCUT2D eigenvalue weighted by Gasteiger charge is 2.45. The first-order valence-electron chi connectivity index (χ1n) is 11.7. The van der Waals surface area contributed by atoms with E-state index in [2.05, 4.69) is 16.3 Å². The van der Waals surface area contributed by atoms with Crippen LogP contribution in [-0.2, 0) is 0 Å². The summed E-state index contributed by atoms with van der Waals surface area (Å²) in [6.45, 7) is 4.61. The van der Waals surface area contributed by atoms with Crippen LogP contribution in [0.4, 0.5) is 4.39 Å². The van der Waals surface area contributed by atoms with Crippen LogP contribution >= 0.6 is 0 Å². The first kappa shape index (κ1) is 22.6. The molecule has 0 spiro atoms. The van der Waals surface area contributed by atoms with Gasteiger partial charge in [0.05, 0.1) is 0 Å². The summed E-state index contributed by atoms with van der Waals surface area (Å²) in [5.41, 5.74) is 2.47. The number of likely N-dealkylation sites (tertiary alicyclic amines) is 1. The molecule has 175 valence electrons. The lowest BCUT2D eigenvalue weighted by atomic mass is 9.67. The fraction of sp³-hybridized carbons (Fsp3) is 0.321. The van der Waals surface area contributed by atoms with Gasteiger partial charge in [0.1, 0.15) is 17.3 Å². The maximum atomic E-state index is 14.7. The quantitative estimate of drug-likeness (QED) is 0.503. The molecule has 3 aromatic carbocycles. The summed E-state index contributed by atoms with van der Waals surface area (Å²) in [5.74, 6) is -1.29. The van der Waals surface area contributed by atoms with Crippen LogP contribution in [0.5, 0.6) is 11.5 Å².